The maximum absolute atomic E-state index is 3.67. The SMILES string of the molecule is CCCCCC[C@H]1CCc2ccccc2N1. The number of aryl methyl sites for hydroxylation is 1. The Labute approximate surface area is 99.3 Å². The molecular formula is C15H23N. The molecular weight excluding hydrogens is 194 g/mol. The van der Waals surface area contributed by atoms with Crippen LogP contribution in [-0.2, 0) is 6.42 Å². The molecule has 0 fully saturated rings. The Hall–Kier alpha value is -0.980. The lowest BCUT2D eigenvalue weighted by atomic mass is 9.94. The highest BCUT2D eigenvalue weighted by Gasteiger charge is 2.16. The summed E-state index contributed by atoms with van der Waals surface area (Å²) in [5, 5.41) is 3.67. The molecule has 0 bridgehead atoms. The molecule has 0 unspecified atom stereocenters. The summed E-state index contributed by atoms with van der Waals surface area (Å²) in [4.78, 5) is 0. The minimum Gasteiger partial charge on any atom is -0.382 e. The molecule has 1 aromatic rings. The summed E-state index contributed by atoms with van der Waals surface area (Å²) in [5.74, 6) is 0. The molecule has 2 rings (SSSR count). The van der Waals surface area contributed by atoms with Crippen LogP contribution in [0.5, 0.6) is 0 Å². The number of para-hydroxylation sites is 1. The Bertz CT molecular complexity index is 319. The Morgan fingerprint density at radius 2 is 2.06 bits per heavy atom. The highest BCUT2D eigenvalue weighted by atomic mass is 14.9. The van der Waals surface area contributed by atoms with Crippen molar-refractivity contribution < 1.29 is 0 Å². The van der Waals surface area contributed by atoms with Gasteiger partial charge >= 0.3 is 0 Å². The number of benzene rings is 1. The van der Waals surface area contributed by atoms with Crippen molar-refractivity contribution in [2.45, 2.75) is 57.9 Å². The summed E-state index contributed by atoms with van der Waals surface area (Å²) in [6.45, 7) is 2.27. The molecule has 0 aliphatic carbocycles. The van der Waals surface area contributed by atoms with Gasteiger partial charge in [0.2, 0.25) is 0 Å². The Balaban J connectivity index is 1.79. The third-order valence-electron chi connectivity index (χ3n) is 3.55. The van der Waals surface area contributed by atoms with E-state index in [9.17, 15) is 0 Å². The van der Waals surface area contributed by atoms with Crippen molar-refractivity contribution in [3.05, 3.63) is 29.8 Å². The smallest absolute Gasteiger partial charge is 0.0374 e. The second-order valence-corrected chi connectivity index (χ2v) is 4.89. The fourth-order valence-corrected chi connectivity index (χ4v) is 2.53. The molecule has 1 aliphatic rings. The van der Waals surface area contributed by atoms with Gasteiger partial charge in [-0.2, -0.15) is 0 Å². The lowest BCUT2D eigenvalue weighted by Gasteiger charge is -2.27. The molecule has 1 heteroatoms. The van der Waals surface area contributed by atoms with Gasteiger partial charge in [-0.05, 0) is 30.9 Å². The molecule has 1 aliphatic heterocycles. The van der Waals surface area contributed by atoms with Crippen LogP contribution < -0.4 is 5.32 Å². The standard InChI is InChI=1S/C15H23N/c1-2-3-4-5-9-14-12-11-13-8-6-7-10-15(13)16-14/h6-8,10,14,16H,2-5,9,11-12H2,1H3/t14-/m0/s1. The Morgan fingerprint density at radius 1 is 1.19 bits per heavy atom. The predicted molar refractivity (Wildman–Crippen MR) is 70.9 cm³/mol. The van der Waals surface area contributed by atoms with Crippen LogP contribution >= 0.6 is 0 Å². The number of hydrogen-bond donors (Lipinski definition) is 1. The van der Waals surface area contributed by atoms with Crippen molar-refractivity contribution in [1.82, 2.24) is 0 Å². The quantitative estimate of drug-likeness (QED) is 0.721. The van der Waals surface area contributed by atoms with E-state index in [2.05, 4.69) is 36.5 Å². The number of rotatable bonds is 5. The Kier molecular flexibility index (Phi) is 4.26. The van der Waals surface area contributed by atoms with Crippen LogP contribution in [-0.4, -0.2) is 6.04 Å². The van der Waals surface area contributed by atoms with Crippen LogP contribution in [0.15, 0.2) is 24.3 Å². The molecule has 0 spiro atoms. The molecule has 1 nitrogen and oxygen atoms in total. The van der Waals surface area contributed by atoms with E-state index in [-0.39, 0.29) is 0 Å². The van der Waals surface area contributed by atoms with E-state index in [0.717, 1.165) is 0 Å². The second kappa shape index (κ2) is 5.93. The number of unbranched alkanes of at least 4 members (excludes halogenated alkanes) is 3. The van der Waals surface area contributed by atoms with Gasteiger partial charge in [0.25, 0.3) is 0 Å². The molecule has 0 saturated carbocycles. The molecule has 88 valence electrons. The zero-order valence-electron chi connectivity index (χ0n) is 10.3. The number of hydrogen-bond acceptors (Lipinski definition) is 1. The summed E-state index contributed by atoms with van der Waals surface area (Å²) in [7, 11) is 0. The van der Waals surface area contributed by atoms with Crippen LogP contribution in [0.4, 0.5) is 5.69 Å². The topological polar surface area (TPSA) is 12.0 Å². The van der Waals surface area contributed by atoms with Crippen LogP contribution in [0.2, 0.25) is 0 Å². The fourth-order valence-electron chi connectivity index (χ4n) is 2.53. The van der Waals surface area contributed by atoms with E-state index in [1.54, 1.807) is 0 Å². The normalized spacial score (nSPS) is 18.9. The van der Waals surface area contributed by atoms with Gasteiger partial charge in [0.1, 0.15) is 0 Å². The van der Waals surface area contributed by atoms with E-state index in [4.69, 9.17) is 0 Å². The van der Waals surface area contributed by atoms with Crippen LogP contribution in [0, 0.1) is 0 Å². The van der Waals surface area contributed by atoms with E-state index < -0.39 is 0 Å². The minimum absolute atomic E-state index is 0.715. The second-order valence-electron chi connectivity index (χ2n) is 4.89. The van der Waals surface area contributed by atoms with Crippen LogP contribution in [0.3, 0.4) is 0 Å². The zero-order chi connectivity index (χ0) is 11.2. The van der Waals surface area contributed by atoms with E-state index in [0.29, 0.717) is 6.04 Å². The van der Waals surface area contributed by atoms with Gasteiger partial charge in [-0.3, -0.25) is 0 Å². The average Bonchev–Trinajstić information content (AvgIpc) is 2.34. The highest BCUT2D eigenvalue weighted by Crippen LogP contribution is 2.26. The third kappa shape index (κ3) is 3.01. The van der Waals surface area contributed by atoms with Gasteiger partial charge in [-0.25, -0.2) is 0 Å². The maximum Gasteiger partial charge on any atom is 0.0374 e. The number of anilines is 1. The van der Waals surface area contributed by atoms with Gasteiger partial charge in [0.15, 0.2) is 0 Å². The predicted octanol–water partition coefficient (Wildman–Crippen LogP) is 4.38. The van der Waals surface area contributed by atoms with Crippen molar-refractivity contribution in [2.24, 2.45) is 0 Å². The van der Waals surface area contributed by atoms with Crippen LogP contribution in [0.25, 0.3) is 0 Å². The van der Waals surface area contributed by atoms with Crippen molar-refractivity contribution in [1.29, 1.82) is 0 Å². The zero-order valence-corrected chi connectivity index (χ0v) is 10.3. The van der Waals surface area contributed by atoms with Crippen molar-refractivity contribution in [3.63, 3.8) is 0 Å². The fraction of sp³-hybridized carbons (Fsp3) is 0.600. The lowest BCUT2D eigenvalue weighted by Crippen LogP contribution is -2.25. The maximum atomic E-state index is 3.67. The molecule has 16 heavy (non-hydrogen) atoms. The Morgan fingerprint density at radius 3 is 2.94 bits per heavy atom. The van der Waals surface area contributed by atoms with Gasteiger partial charge in [0.05, 0.1) is 0 Å². The summed E-state index contributed by atoms with van der Waals surface area (Å²) in [6, 6.07) is 9.45. The van der Waals surface area contributed by atoms with Crippen LogP contribution in [0.1, 0.15) is 51.0 Å². The molecule has 1 heterocycles. The number of fused-ring (bicyclic) bond motifs is 1. The molecule has 1 aromatic carbocycles. The first-order valence-electron chi connectivity index (χ1n) is 6.74. The van der Waals surface area contributed by atoms with Crippen molar-refractivity contribution >= 4 is 5.69 Å². The van der Waals surface area contributed by atoms with Gasteiger partial charge in [0, 0.05) is 11.7 Å². The van der Waals surface area contributed by atoms with E-state index in [1.807, 2.05) is 0 Å². The first kappa shape index (κ1) is 11.5. The monoisotopic (exact) mass is 217 g/mol. The first-order chi connectivity index (χ1) is 7.90. The molecule has 0 saturated heterocycles. The molecule has 0 radical (unpaired) electrons. The van der Waals surface area contributed by atoms with E-state index in [1.165, 1.54) is 56.2 Å². The van der Waals surface area contributed by atoms with Gasteiger partial charge < -0.3 is 5.32 Å². The highest BCUT2D eigenvalue weighted by molar-refractivity contribution is 5.53. The average molecular weight is 217 g/mol. The van der Waals surface area contributed by atoms with Gasteiger partial charge in [-0.1, -0.05) is 50.8 Å². The molecule has 0 aromatic heterocycles. The van der Waals surface area contributed by atoms with Gasteiger partial charge in [-0.15, -0.1) is 0 Å². The molecule has 1 N–H and O–H groups in total. The van der Waals surface area contributed by atoms with E-state index >= 15 is 0 Å². The number of nitrogens with one attached hydrogen (secondary N) is 1. The van der Waals surface area contributed by atoms with Crippen molar-refractivity contribution in [2.75, 3.05) is 5.32 Å². The lowest BCUT2D eigenvalue weighted by molar-refractivity contribution is 0.536. The molecule has 1 atom stereocenters. The molecule has 0 amide bonds. The minimum atomic E-state index is 0.715. The summed E-state index contributed by atoms with van der Waals surface area (Å²) < 4.78 is 0. The summed E-state index contributed by atoms with van der Waals surface area (Å²) >= 11 is 0. The largest absolute Gasteiger partial charge is 0.382 e. The first-order valence-corrected chi connectivity index (χ1v) is 6.74. The van der Waals surface area contributed by atoms with Crippen molar-refractivity contribution in [3.8, 4) is 0 Å². The summed E-state index contributed by atoms with van der Waals surface area (Å²) in [5.41, 5.74) is 2.86. The third-order valence-corrected chi connectivity index (χ3v) is 3.55. The summed E-state index contributed by atoms with van der Waals surface area (Å²) in [6.07, 6.45) is 9.41.